The van der Waals surface area contributed by atoms with Crippen molar-refractivity contribution < 1.29 is 9.59 Å². The smallest absolute Gasteiger partial charge is 0.254 e. The zero-order valence-electron chi connectivity index (χ0n) is 15.4. The Bertz CT molecular complexity index is 1070. The number of carbonyl (C=O) groups is 2. The lowest BCUT2D eigenvalue weighted by Crippen LogP contribution is -2.40. The molecule has 144 valence electrons. The zero-order chi connectivity index (χ0) is 20.5. The van der Waals surface area contributed by atoms with Gasteiger partial charge in [-0.25, -0.2) is 4.98 Å². The first kappa shape index (κ1) is 19.6. The largest absolute Gasteiger partial charge is 0.336 e. The molecule has 9 heteroatoms. The molecular formula is C19H18ClN5O3. The Hall–Kier alpha value is -3.18. The lowest BCUT2D eigenvalue weighted by atomic mass is 10.1. The van der Waals surface area contributed by atoms with Crippen molar-refractivity contribution in [2.45, 2.75) is 38.8 Å². The van der Waals surface area contributed by atoms with Gasteiger partial charge in [0.1, 0.15) is 17.9 Å². The van der Waals surface area contributed by atoms with E-state index in [1.54, 1.807) is 25.1 Å². The highest BCUT2D eigenvalue weighted by Gasteiger charge is 2.44. The van der Waals surface area contributed by atoms with Crippen molar-refractivity contribution in [3.63, 3.8) is 0 Å². The van der Waals surface area contributed by atoms with Crippen LogP contribution in [0.15, 0.2) is 29.1 Å². The molecule has 1 aliphatic carbocycles. The number of carbonyl (C=O) groups excluding carboxylic acids is 2. The minimum atomic E-state index is -0.793. The molecule has 1 aliphatic rings. The van der Waals surface area contributed by atoms with Crippen LogP contribution in [0, 0.1) is 18.3 Å². The van der Waals surface area contributed by atoms with Crippen LogP contribution in [0.4, 0.5) is 5.69 Å². The second kappa shape index (κ2) is 7.44. The van der Waals surface area contributed by atoms with Gasteiger partial charge in [0.25, 0.3) is 5.56 Å². The molecule has 3 rings (SSSR count). The van der Waals surface area contributed by atoms with E-state index in [-0.39, 0.29) is 12.5 Å². The lowest BCUT2D eigenvalue weighted by Gasteiger charge is -2.14. The van der Waals surface area contributed by atoms with E-state index in [0.29, 0.717) is 40.6 Å². The summed E-state index contributed by atoms with van der Waals surface area (Å²) in [6, 6.07) is 8.24. The molecule has 0 aliphatic heterocycles. The first-order valence-corrected chi connectivity index (χ1v) is 8.99. The molecule has 0 saturated heterocycles. The Morgan fingerprint density at radius 2 is 2.07 bits per heavy atom. The average Bonchev–Trinajstić information content (AvgIpc) is 3.37. The van der Waals surface area contributed by atoms with Crippen LogP contribution >= 0.6 is 11.6 Å². The number of halogens is 1. The van der Waals surface area contributed by atoms with Gasteiger partial charge in [-0.05, 0) is 38.0 Å². The van der Waals surface area contributed by atoms with Crippen molar-refractivity contribution in [3.05, 3.63) is 45.5 Å². The monoisotopic (exact) mass is 399 g/mol. The Morgan fingerprint density at radius 3 is 2.64 bits per heavy atom. The molecule has 1 heterocycles. The molecule has 0 spiro atoms. The quantitative estimate of drug-likeness (QED) is 0.797. The summed E-state index contributed by atoms with van der Waals surface area (Å²) in [5, 5.41) is 14.8. The van der Waals surface area contributed by atoms with Gasteiger partial charge >= 0.3 is 0 Å². The average molecular weight is 400 g/mol. The SMILES string of the molecule is CC(=O)Nc1cc(Cl)ccc1-c1cc(=O)n(CC(=O)NC2(C#N)CC2)c(C)n1. The molecule has 1 saturated carbocycles. The number of hydrogen-bond donors (Lipinski definition) is 2. The van der Waals surface area contributed by atoms with Crippen LogP contribution in [-0.2, 0) is 16.1 Å². The van der Waals surface area contributed by atoms with Gasteiger partial charge in [0.2, 0.25) is 11.8 Å². The summed E-state index contributed by atoms with van der Waals surface area (Å²) in [4.78, 5) is 40.6. The second-order valence-electron chi connectivity index (χ2n) is 6.73. The number of rotatable bonds is 5. The van der Waals surface area contributed by atoms with E-state index in [0.717, 1.165) is 0 Å². The second-order valence-corrected chi connectivity index (χ2v) is 7.16. The fraction of sp³-hybridized carbons (Fsp3) is 0.316. The predicted octanol–water partition coefficient (Wildman–Crippen LogP) is 2.00. The molecule has 2 N–H and O–H groups in total. The fourth-order valence-electron chi connectivity index (χ4n) is 2.82. The van der Waals surface area contributed by atoms with Crippen molar-refractivity contribution in [1.82, 2.24) is 14.9 Å². The minimum Gasteiger partial charge on any atom is -0.336 e. The van der Waals surface area contributed by atoms with Gasteiger partial charge in [-0.2, -0.15) is 5.26 Å². The molecular weight excluding hydrogens is 382 g/mol. The third kappa shape index (κ3) is 4.21. The van der Waals surface area contributed by atoms with Gasteiger partial charge in [0.05, 0.1) is 17.5 Å². The van der Waals surface area contributed by atoms with E-state index in [1.807, 2.05) is 0 Å². The first-order valence-electron chi connectivity index (χ1n) is 8.61. The number of aryl methyl sites for hydroxylation is 1. The highest BCUT2D eigenvalue weighted by atomic mass is 35.5. The highest BCUT2D eigenvalue weighted by molar-refractivity contribution is 6.31. The maximum atomic E-state index is 12.6. The first-order chi connectivity index (χ1) is 13.2. The molecule has 2 amide bonds. The zero-order valence-corrected chi connectivity index (χ0v) is 16.1. The molecule has 0 bridgehead atoms. The molecule has 8 nitrogen and oxygen atoms in total. The summed E-state index contributed by atoms with van der Waals surface area (Å²) < 4.78 is 1.24. The lowest BCUT2D eigenvalue weighted by molar-refractivity contribution is -0.122. The Kier molecular flexibility index (Phi) is 5.21. The van der Waals surface area contributed by atoms with Gasteiger partial charge in [0.15, 0.2) is 0 Å². The van der Waals surface area contributed by atoms with E-state index < -0.39 is 17.0 Å². The molecule has 0 unspecified atom stereocenters. The van der Waals surface area contributed by atoms with Gasteiger partial charge in [-0.15, -0.1) is 0 Å². The van der Waals surface area contributed by atoms with Crippen LogP contribution in [0.5, 0.6) is 0 Å². The number of anilines is 1. The highest BCUT2D eigenvalue weighted by Crippen LogP contribution is 2.34. The van der Waals surface area contributed by atoms with Crippen LogP contribution in [0.25, 0.3) is 11.3 Å². The van der Waals surface area contributed by atoms with Crippen LogP contribution in [0.1, 0.15) is 25.6 Å². The predicted molar refractivity (Wildman–Crippen MR) is 104 cm³/mol. The van der Waals surface area contributed by atoms with Gasteiger partial charge in [-0.3, -0.25) is 19.0 Å². The molecule has 0 atom stereocenters. The minimum absolute atomic E-state index is 0.222. The van der Waals surface area contributed by atoms with Crippen molar-refractivity contribution in [3.8, 4) is 17.3 Å². The van der Waals surface area contributed by atoms with Crippen LogP contribution in [-0.4, -0.2) is 26.9 Å². The third-order valence-corrected chi connectivity index (χ3v) is 4.65. The number of nitriles is 1. The van der Waals surface area contributed by atoms with Crippen LogP contribution < -0.4 is 16.2 Å². The number of hydrogen-bond acceptors (Lipinski definition) is 5. The normalized spacial score (nSPS) is 14.1. The summed E-state index contributed by atoms with van der Waals surface area (Å²) in [6.07, 6.45) is 1.23. The molecule has 1 aromatic heterocycles. The van der Waals surface area contributed by atoms with Crippen molar-refractivity contribution in [2.24, 2.45) is 0 Å². The standard InChI is InChI=1S/C19H18ClN5O3/c1-11-22-16(14-4-3-13(20)7-15(14)23-12(2)26)8-18(28)25(11)9-17(27)24-19(10-21)5-6-19/h3-4,7-8H,5-6,9H2,1-2H3,(H,23,26)(H,24,27). The number of amides is 2. The Morgan fingerprint density at radius 1 is 1.36 bits per heavy atom. The summed E-state index contributed by atoms with van der Waals surface area (Å²) in [6.45, 7) is 2.76. The Balaban J connectivity index is 1.91. The maximum Gasteiger partial charge on any atom is 0.254 e. The summed E-state index contributed by atoms with van der Waals surface area (Å²) in [5.74, 6) is -0.357. The molecule has 1 fully saturated rings. The van der Waals surface area contributed by atoms with E-state index in [4.69, 9.17) is 16.9 Å². The fourth-order valence-corrected chi connectivity index (χ4v) is 3.00. The van der Waals surface area contributed by atoms with E-state index in [9.17, 15) is 14.4 Å². The number of nitrogens with one attached hydrogen (secondary N) is 2. The number of benzene rings is 1. The van der Waals surface area contributed by atoms with E-state index in [2.05, 4.69) is 21.7 Å². The number of aromatic nitrogens is 2. The summed E-state index contributed by atoms with van der Waals surface area (Å²) >= 11 is 6.00. The van der Waals surface area contributed by atoms with Crippen molar-refractivity contribution in [1.29, 1.82) is 5.26 Å². The molecule has 28 heavy (non-hydrogen) atoms. The van der Waals surface area contributed by atoms with E-state index in [1.165, 1.54) is 17.6 Å². The molecule has 2 aromatic rings. The van der Waals surface area contributed by atoms with Gasteiger partial charge in [0, 0.05) is 23.6 Å². The van der Waals surface area contributed by atoms with Gasteiger partial charge < -0.3 is 10.6 Å². The number of nitrogens with zero attached hydrogens (tertiary/aromatic N) is 3. The molecule has 1 aromatic carbocycles. The summed E-state index contributed by atoms with van der Waals surface area (Å²) in [5.41, 5.74) is 0.126. The van der Waals surface area contributed by atoms with Crippen LogP contribution in [0.2, 0.25) is 5.02 Å². The molecule has 0 radical (unpaired) electrons. The third-order valence-electron chi connectivity index (χ3n) is 4.41. The van der Waals surface area contributed by atoms with Crippen molar-refractivity contribution in [2.75, 3.05) is 5.32 Å². The van der Waals surface area contributed by atoms with Crippen LogP contribution in [0.3, 0.4) is 0 Å². The van der Waals surface area contributed by atoms with E-state index >= 15 is 0 Å². The Labute approximate surface area is 166 Å². The topological polar surface area (TPSA) is 117 Å². The van der Waals surface area contributed by atoms with Crippen molar-refractivity contribution >= 4 is 29.1 Å². The van der Waals surface area contributed by atoms with Gasteiger partial charge in [-0.1, -0.05) is 11.6 Å². The maximum absolute atomic E-state index is 12.6. The summed E-state index contributed by atoms with van der Waals surface area (Å²) in [7, 11) is 0.